The van der Waals surface area contributed by atoms with Crippen LogP contribution in [-0.2, 0) is 4.79 Å². The molecule has 1 heterocycles. The fraction of sp³-hybridized carbons (Fsp3) is 0.0323. The summed E-state index contributed by atoms with van der Waals surface area (Å²) in [7, 11) is 0. The maximum Gasteiger partial charge on any atom is 0.226 e. The molecule has 0 aliphatic heterocycles. The number of pyridine rings is 1. The number of aliphatic carboxylic acids is 1. The average molecular weight is 444 g/mol. The molecule has 0 radical (unpaired) electrons. The fourth-order valence-electron chi connectivity index (χ4n) is 3.99. The molecule has 0 N–H and O–H groups in total. The van der Waals surface area contributed by atoms with Crippen molar-refractivity contribution in [1.29, 1.82) is 0 Å². The van der Waals surface area contributed by atoms with E-state index < -0.39 is 5.97 Å². The molecule has 3 heteroatoms. The van der Waals surface area contributed by atoms with Gasteiger partial charge in [-0.3, -0.25) is 0 Å². The van der Waals surface area contributed by atoms with Crippen LogP contribution in [-0.4, -0.2) is 5.97 Å². The molecule has 0 saturated carbocycles. The minimum absolute atomic E-state index is 0.972. The van der Waals surface area contributed by atoms with Gasteiger partial charge in [0.25, 0.3) is 0 Å². The van der Waals surface area contributed by atoms with E-state index in [1.165, 1.54) is 33.5 Å². The van der Waals surface area contributed by atoms with Crippen molar-refractivity contribution >= 4 is 5.97 Å². The summed E-state index contributed by atoms with van der Waals surface area (Å²) in [5.41, 5.74) is 8.42. The predicted octanol–water partition coefficient (Wildman–Crippen LogP) is 5.72. The van der Waals surface area contributed by atoms with Crippen LogP contribution in [0.5, 0.6) is 0 Å². The van der Waals surface area contributed by atoms with Gasteiger partial charge in [-0.1, -0.05) is 97.1 Å². The number of para-hydroxylation sites is 1. The molecule has 4 aromatic carbocycles. The van der Waals surface area contributed by atoms with Gasteiger partial charge >= 0.3 is 0 Å². The first-order chi connectivity index (χ1) is 16.6. The molecule has 0 aliphatic rings. The van der Waals surface area contributed by atoms with Crippen molar-refractivity contribution in [1.82, 2.24) is 0 Å². The highest BCUT2D eigenvalue weighted by molar-refractivity contribution is 5.91. The highest BCUT2D eigenvalue weighted by atomic mass is 16.4. The Hall–Kier alpha value is -4.50. The Balaban J connectivity index is 0.000000636. The van der Waals surface area contributed by atoms with Crippen LogP contribution in [0.1, 0.15) is 6.92 Å². The van der Waals surface area contributed by atoms with Gasteiger partial charge in [0.05, 0.1) is 5.56 Å². The summed E-state index contributed by atoms with van der Waals surface area (Å²) in [4.78, 5) is 8.89. The molecule has 0 bridgehead atoms. The number of rotatable bonds is 4. The lowest BCUT2D eigenvalue weighted by molar-refractivity contribution is -0.583. The highest BCUT2D eigenvalue weighted by Gasteiger charge is 2.25. The van der Waals surface area contributed by atoms with Crippen LogP contribution in [0.25, 0.3) is 39.2 Å². The minimum Gasteiger partial charge on any atom is -0.550 e. The van der Waals surface area contributed by atoms with Crippen molar-refractivity contribution in [2.24, 2.45) is 0 Å². The summed E-state index contributed by atoms with van der Waals surface area (Å²) in [5.74, 6) is -1.08. The number of carbonyl (C=O) groups excluding carboxylic acids is 1. The van der Waals surface area contributed by atoms with E-state index in [2.05, 4.69) is 138 Å². The van der Waals surface area contributed by atoms with Crippen LogP contribution in [0.15, 0.2) is 134 Å². The highest BCUT2D eigenvalue weighted by Crippen LogP contribution is 2.38. The predicted molar refractivity (Wildman–Crippen MR) is 135 cm³/mol. The molecule has 34 heavy (non-hydrogen) atoms. The molecular formula is C31H25NO2. The number of carbonyl (C=O) groups is 1. The second-order valence-corrected chi connectivity index (χ2v) is 7.75. The van der Waals surface area contributed by atoms with E-state index in [9.17, 15) is 0 Å². The summed E-state index contributed by atoms with van der Waals surface area (Å²) in [6, 6.07) is 44.8. The molecule has 0 spiro atoms. The van der Waals surface area contributed by atoms with Gasteiger partial charge in [-0.15, -0.1) is 0 Å². The fourth-order valence-corrected chi connectivity index (χ4v) is 3.99. The summed E-state index contributed by atoms with van der Waals surface area (Å²) in [6.45, 7) is 0.972. The first-order valence-electron chi connectivity index (χ1n) is 11.1. The van der Waals surface area contributed by atoms with Crippen molar-refractivity contribution in [3.05, 3.63) is 134 Å². The number of carboxylic acids is 1. The van der Waals surface area contributed by atoms with Crippen molar-refractivity contribution in [2.75, 3.05) is 0 Å². The quantitative estimate of drug-likeness (QED) is 0.334. The lowest BCUT2D eigenvalue weighted by Crippen LogP contribution is -2.33. The van der Waals surface area contributed by atoms with E-state index >= 15 is 0 Å². The van der Waals surface area contributed by atoms with E-state index in [1.54, 1.807) is 0 Å². The van der Waals surface area contributed by atoms with E-state index in [1.807, 2.05) is 0 Å². The molecule has 1 aromatic heterocycles. The Kier molecular flexibility index (Phi) is 7.26. The average Bonchev–Trinajstić information content (AvgIpc) is 2.89. The zero-order chi connectivity index (χ0) is 23.8. The zero-order valence-corrected chi connectivity index (χ0v) is 19.0. The van der Waals surface area contributed by atoms with Crippen molar-refractivity contribution in [3.63, 3.8) is 0 Å². The van der Waals surface area contributed by atoms with Gasteiger partial charge in [0, 0.05) is 35.3 Å². The lowest BCUT2D eigenvalue weighted by Gasteiger charge is -2.15. The second kappa shape index (κ2) is 10.9. The van der Waals surface area contributed by atoms with Crippen LogP contribution in [0.3, 0.4) is 0 Å². The van der Waals surface area contributed by atoms with E-state index in [0.717, 1.165) is 12.6 Å². The lowest BCUT2D eigenvalue weighted by atomic mass is 9.90. The Morgan fingerprint density at radius 1 is 0.588 bits per heavy atom. The van der Waals surface area contributed by atoms with Crippen LogP contribution in [0.4, 0.5) is 0 Å². The van der Waals surface area contributed by atoms with Crippen molar-refractivity contribution in [3.8, 4) is 39.2 Å². The van der Waals surface area contributed by atoms with Crippen molar-refractivity contribution in [2.45, 2.75) is 6.92 Å². The van der Waals surface area contributed by atoms with Crippen LogP contribution in [0.2, 0.25) is 0 Å². The molecule has 3 nitrogen and oxygen atoms in total. The van der Waals surface area contributed by atoms with E-state index in [0.29, 0.717) is 0 Å². The third-order valence-electron chi connectivity index (χ3n) is 5.37. The topological polar surface area (TPSA) is 44.0 Å². The number of nitrogens with zero attached hydrogens (tertiary/aromatic N) is 1. The molecule has 0 atom stereocenters. The molecular weight excluding hydrogens is 418 g/mol. The first kappa shape index (κ1) is 22.7. The third-order valence-corrected chi connectivity index (χ3v) is 5.37. The van der Waals surface area contributed by atoms with E-state index in [4.69, 9.17) is 9.90 Å². The van der Waals surface area contributed by atoms with Gasteiger partial charge in [0.15, 0.2) is 6.20 Å². The molecule has 0 fully saturated rings. The van der Waals surface area contributed by atoms with Gasteiger partial charge in [-0.25, -0.2) is 0 Å². The Bertz CT molecular complexity index is 1240. The Labute approximate surface area is 200 Å². The maximum absolute atomic E-state index is 8.89. The number of hydrogen-bond acceptors (Lipinski definition) is 2. The van der Waals surface area contributed by atoms with E-state index in [-0.39, 0.29) is 0 Å². The number of aromatic nitrogens is 1. The van der Waals surface area contributed by atoms with Crippen LogP contribution < -0.4 is 9.67 Å². The normalized spacial score (nSPS) is 10.1. The third kappa shape index (κ3) is 5.28. The summed E-state index contributed by atoms with van der Waals surface area (Å²) in [5, 5.41) is 8.89. The Morgan fingerprint density at radius 3 is 1.50 bits per heavy atom. The van der Waals surface area contributed by atoms with Gasteiger partial charge in [-0.2, -0.15) is 4.57 Å². The standard InChI is InChI=1S/C29H22N.C2H4O2/c1-5-13-23(14-6-1)27-21-22-30(26-19-11-4-12-20-26)29(25-17-9-3-10-18-25)28(27)24-15-7-2-8-16-24;1-2(3)4/h1-22H;1H3,(H,3,4)/q+1;/p-1. The monoisotopic (exact) mass is 443 g/mol. The summed E-state index contributed by atoms with van der Waals surface area (Å²) in [6.07, 6.45) is 2.19. The minimum atomic E-state index is -1.08. The van der Waals surface area contributed by atoms with Crippen molar-refractivity contribution < 1.29 is 14.5 Å². The summed E-state index contributed by atoms with van der Waals surface area (Å²) < 4.78 is 2.30. The largest absolute Gasteiger partial charge is 0.550 e. The maximum atomic E-state index is 8.89. The Morgan fingerprint density at radius 2 is 1.00 bits per heavy atom. The molecule has 166 valence electrons. The van der Waals surface area contributed by atoms with Gasteiger partial charge in [-0.05, 0) is 30.2 Å². The smallest absolute Gasteiger partial charge is 0.226 e. The number of benzene rings is 4. The van der Waals surface area contributed by atoms with Gasteiger partial charge < -0.3 is 9.90 Å². The number of carboxylic acid groups (broad SMARTS) is 1. The second-order valence-electron chi connectivity index (χ2n) is 7.75. The van der Waals surface area contributed by atoms with Crippen LogP contribution >= 0.6 is 0 Å². The summed E-state index contributed by atoms with van der Waals surface area (Å²) >= 11 is 0. The number of hydrogen-bond donors (Lipinski definition) is 0. The molecule has 0 amide bonds. The SMILES string of the molecule is CC(=O)[O-].c1ccc(-c2cc[n+](-c3ccccc3)c(-c3ccccc3)c2-c2ccccc2)cc1. The molecule has 0 aliphatic carbocycles. The van der Waals surface area contributed by atoms with Gasteiger partial charge in [0.2, 0.25) is 11.4 Å². The molecule has 5 aromatic rings. The first-order valence-corrected chi connectivity index (χ1v) is 11.1. The van der Waals surface area contributed by atoms with Crippen LogP contribution in [0, 0.1) is 0 Å². The molecule has 5 rings (SSSR count). The van der Waals surface area contributed by atoms with Gasteiger partial charge in [0.1, 0.15) is 0 Å². The zero-order valence-electron chi connectivity index (χ0n) is 19.0. The molecule has 0 unspecified atom stereocenters. The molecule has 0 saturated heterocycles.